The first-order chi connectivity index (χ1) is 9.10. The molecule has 0 fully saturated rings. The predicted molar refractivity (Wildman–Crippen MR) is 74.6 cm³/mol. The molecule has 1 amide bonds. The summed E-state index contributed by atoms with van der Waals surface area (Å²) < 4.78 is 6.46. The topological polar surface area (TPSA) is 86.3 Å². The highest BCUT2D eigenvalue weighted by molar-refractivity contribution is 7.07. The van der Waals surface area contributed by atoms with E-state index in [1.807, 2.05) is 0 Å². The molecule has 19 heavy (non-hydrogen) atoms. The first kappa shape index (κ1) is 13.2. The molecule has 100 valence electrons. The number of carbonyl (C=O) groups excluding carboxylic acids is 1. The third kappa shape index (κ3) is 3.14. The van der Waals surface area contributed by atoms with Crippen molar-refractivity contribution in [2.24, 2.45) is 0 Å². The first-order valence-electron chi connectivity index (χ1n) is 5.47. The fourth-order valence-corrected chi connectivity index (χ4v) is 2.15. The zero-order chi connectivity index (χ0) is 13.8. The summed E-state index contributed by atoms with van der Waals surface area (Å²) in [7, 11) is 1.49. The van der Waals surface area contributed by atoms with Crippen LogP contribution in [0.25, 0.3) is 0 Å². The molecule has 0 bridgehead atoms. The Morgan fingerprint density at radius 3 is 2.95 bits per heavy atom. The van der Waals surface area contributed by atoms with E-state index in [1.165, 1.54) is 11.7 Å². The summed E-state index contributed by atoms with van der Waals surface area (Å²) in [5.41, 5.74) is 6.69. The van der Waals surface area contributed by atoms with Gasteiger partial charge in [-0.2, -0.15) is 0 Å². The van der Waals surface area contributed by atoms with Crippen LogP contribution in [-0.2, 0) is 11.3 Å². The number of carbonyl (C=O) groups is 1. The van der Waals surface area contributed by atoms with Crippen molar-refractivity contribution in [1.82, 2.24) is 4.57 Å². The van der Waals surface area contributed by atoms with Gasteiger partial charge in [0.15, 0.2) is 0 Å². The standard InChI is InChI=1S/C12H13N3O3S/c1-18-10-6-8(13)2-3-9(10)14-11(16)7-15-4-5-19-12(15)17/h2-6H,7,13H2,1H3,(H,14,16). The van der Waals surface area contributed by atoms with Crippen molar-refractivity contribution in [2.45, 2.75) is 6.54 Å². The smallest absolute Gasteiger partial charge is 0.307 e. The van der Waals surface area contributed by atoms with E-state index in [2.05, 4.69) is 5.32 Å². The monoisotopic (exact) mass is 279 g/mol. The maximum Gasteiger partial charge on any atom is 0.307 e. The van der Waals surface area contributed by atoms with Crippen LogP contribution in [0.5, 0.6) is 5.75 Å². The third-order valence-corrected chi connectivity index (χ3v) is 3.15. The summed E-state index contributed by atoms with van der Waals surface area (Å²) in [5, 5.41) is 4.32. The van der Waals surface area contributed by atoms with Crippen LogP contribution < -0.4 is 20.7 Å². The molecule has 0 spiro atoms. The molecule has 2 aromatic rings. The lowest BCUT2D eigenvalue weighted by Crippen LogP contribution is -2.23. The van der Waals surface area contributed by atoms with E-state index in [0.29, 0.717) is 17.1 Å². The number of hydrogen-bond donors (Lipinski definition) is 2. The van der Waals surface area contributed by atoms with Crippen LogP contribution in [0.15, 0.2) is 34.6 Å². The van der Waals surface area contributed by atoms with Gasteiger partial charge >= 0.3 is 4.87 Å². The first-order valence-corrected chi connectivity index (χ1v) is 6.35. The van der Waals surface area contributed by atoms with Crippen LogP contribution in [-0.4, -0.2) is 17.6 Å². The molecule has 0 saturated carbocycles. The molecule has 0 radical (unpaired) electrons. The van der Waals surface area contributed by atoms with Crippen LogP contribution in [0, 0.1) is 0 Å². The summed E-state index contributed by atoms with van der Waals surface area (Å²) in [6.07, 6.45) is 1.58. The van der Waals surface area contributed by atoms with Crippen LogP contribution in [0.1, 0.15) is 0 Å². The number of methoxy groups -OCH3 is 1. The second-order valence-electron chi connectivity index (χ2n) is 3.80. The van der Waals surface area contributed by atoms with Crippen LogP contribution in [0.2, 0.25) is 0 Å². The molecular weight excluding hydrogens is 266 g/mol. The molecule has 0 aliphatic carbocycles. The molecule has 1 aromatic heterocycles. The summed E-state index contributed by atoms with van der Waals surface area (Å²) in [6.45, 7) is -0.0319. The van der Waals surface area contributed by atoms with E-state index >= 15 is 0 Å². The Morgan fingerprint density at radius 1 is 1.53 bits per heavy atom. The Hall–Kier alpha value is -2.28. The lowest BCUT2D eigenvalue weighted by Gasteiger charge is -2.10. The number of thiazole rings is 1. The van der Waals surface area contributed by atoms with E-state index in [0.717, 1.165) is 11.3 Å². The Labute approximate surface area is 113 Å². The highest BCUT2D eigenvalue weighted by Crippen LogP contribution is 2.26. The number of benzene rings is 1. The SMILES string of the molecule is COc1cc(N)ccc1NC(=O)Cn1ccsc1=O. The number of nitrogens with one attached hydrogen (secondary N) is 1. The Bertz CT molecular complexity index is 648. The maximum absolute atomic E-state index is 11.8. The minimum Gasteiger partial charge on any atom is -0.494 e. The largest absolute Gasteiger partial charge is 0.494 e. The highest BCUT2D eigenvalue weighted by Gasteiger charge is 2.09. The molecule has 3 N–H and O–H groups in total. The van der Waals surface area contributed by atoms with E-state index < -0.39 is 0 Å². The average Bonchev–Trinajstić information content (AvgIpc) is 2.77. The number of anilines is 2. The van der Waals surface area contributed by atoms with E-state index in [1.54, 1.807) is 29.8 Å². The van der Waals surface area contributed by atoms with Gasteiger partial charge in [0.25, 0.3) is 0 Å². The lowest BCUT2D eigenvalue weighted by molar-refractivity contribution is -0.116. The number of ether oxygens (including phenoxy) is 1. The van der Waals surface area contributed by atoms with Gasteiger partial charge in [-0.05, 0) is 12.1 Å². The van der Waals surface area contributed by atoms with E-state index in [9.17, 15) is 9.59 Å². The molecule has 1 heterocycles. The van der Waals surface area contributed by atoms with Gasteiger partial charge in [-0.3, -0.25) is 14.2 Å². The minimum absolute atomic E-state index is 0.0319. The van der Waals surface area contributed by atoms with Gasteiger partial charge in [0.2, 0.25) is 5.91 Å². The van der Waals surface area contributed by atoms with Crippen molar-refractivity contribution in [1.29, 1.82) is 0 Å². The van der Waals surface area contributed by atoms with Gasteiger partial charge in [-0.1, -0.05) is 11.3 Å². The lowest BCUT2D eigenvalue weighted by atomic mass is 10.2. The third-order valence-electron chi connectivity index (χ3n) is 2.46. The fourth-order valence-electron chi connectivity index (χ4n) is 1.56. The zero-order valence-electron chi connectivity index (χ0n) is 10.3. The second kappa shape index (κ2) is 5.57. The van der Waals surface area contributed by atoms with Crippen molar-refractivity contribution in [3.05, 3.63) is 39.4 Å². The van der Waals surface area contributed by atoms with Crippen molar-refractivity contribution < 1.29 is 9.53 Å². The second-order valence-corrected chi connectivity index (χ2v) is 4.66. The Morgan fingerprint density at radius 2 is 2.32 bits per heavy atom. The summed E-state index contributed by atoms with van der Waals surface area (Å²) in [4.78, 5) is 23.0. The fraction of sp³-hybridized carbons (Fsp3) is 0.167. The molecule has 6 nitrogen and oxygen atoms in total. The number of nitrogens with two attached hydrogens (primary N) is 1. The summed E-state index contributed by atoms with van der Waals surface area (Å²) in [5.74, 6) is 0.176. The van der Waals surface area contributed by atoms with Gasteiger partial charge in [0.05, 0.1) is 12.8 Å². The van der Waals surface area contributed by atoms with Crippen molar-refractivity contribution in [3.8, 4) is 5.75 Å². The maximum atomic E-state index is 11.8. The molecule has 0 atom stereocenters. The van der Waals surface area contributed by atoms with Gasteiger partial charge in [0.1, 0.15) is 12.3 Å². The van der Waals surface area contributed by atoms with Gasteiger partial charge in [-0.25, -0.2) is 0 Å². The van der Waals surface area contributed by atoms with Crippen LogP contribution in [0.4, 0.5) is 11.4 Å². The van der Waals surface area contributed by atoms with Crippen LogP contribution >= 0.6 is 11.3 Å². The normalized spacial score (nSPS) is 10.2. The highest BCUT2D eigenvalue weighted by atomic mass is 32.1. The predicted octanol–water partition coefficient (Wildman–Crippen LogP) is 1.14. The van der Waals surface area contributed by atoms with Crippen molar-refractivity contribution in [3.63, 3.8) is 0 Å². The molecule has 2 rings (SSSR count). The number of amides is 1. The zero-order valence-corrected chi connectivity index (χ0v) is 11.1. The van der Waals surface area contributed by atoms with Crippen molar-refractivity contribution in [2.75, 3.05) is 18.2 Å². The van der Waals surface area contributed by atoms with Crippen LogP contribution in [0.3, 0.4) is 0 Å². The van der Waals surface area contributed by atoms with Gasteiger partial charge in [0, 0.05) is 23.3 Å². The van der Waals surface area contributed by atoms with Gasteiger partial charge < -0.3 is 15.8 Å². The molecule has 0 aliphatic heterocycles. The van der Waals surface area contributed by atoms with Crippen molar-refractivity contribution >= 4 is 28.6 Å². The molecule has 0 aliphatic rings. The molecule has 0 saturated heterocycles. The average molecular weight is 279 g/mol. The number of rotatable bonds is 4. The summed E-state index contributed by atoms with van der Waals surface area (Å²) in [6, 6.07) is 4.93. The van der Waals surface area contributed by atoms with E-state index in [4.69, 9.17) is 10.5 Å². The molecule has 0 unspecified atom stereocenters. The Kier molecular flexibility index (Phi) is 3.86. The summed E-state index contributed by atoms with van der Waals surface area (Å²) >= 11 is 1.05. The quantitative estimate of drug-likeness (QED) is 0.822. The van der Waals surface area contributed by atoms with E-state index in [-0.39, 0.29) is 17.3 Å². The number of nitrogens with zero attached hydrogens (tertiary/aromatic N) is 1. The molecular formula is C12H13N3O3S. The number of nitrogen functional groups attached to an aromatic ring is 1. The Balaban J connectivity index is 2.11. The molecule has 1 aromatic carbocycles. The number of aromatic nitrogens is 1. The van der Waals surface area contributed by atoms with Gasteiger partial charge in [-0.15, -0.1) is 0 Å². The minimum atomic E-state index is -0.302. The molecule has 7 heteroatoms. The number of hydrogen-bond acceptors (Lipinski definition) is 5.